The Labute approximate surface area is 157 Å². The molecule has 2 fully saturated rings. The van der Waals surface area contributed by atoms with Crippen LogP contribution in [0.5, 0.6) is 0 Å². The van der Waals surface area contributed by atoms with Crippen LogP contribution in [0.2, 0.25) is 0 Å². The second-order valence-corrected chi connectivity index (χ2v) is 6.79. The van der Waals surface area contributed by atoms with Gasteiger partial charge in [0.1, 0.15) is 6.54 Å². The van der Waals surface area contributed by atoms with Crippen molar-refractivity contribution in [3.8, 4) is 0 Å². The van der Waals surface area contributed by atoms with Crippen LogP contribution in [0.3, 0.4) is 0 Å². The quantitative estimate of drug-likeness (QED) is 0.687. The number of carbonyl (C=O) groups excluding carboxylic acids is 4. The molecule has 3 rings (SSSR count). The molecule has 0 aromatic heterocycles. The number of hydrogen-bond donors (Lipinski definition) is 2. The molecule has 1 aromatic carbocycles. The minimum absolute atomic E-state index is 0.0785. The number of nitrogens with one attached hydrogen (secondary N) is 2. The summed E-state index contributed by atoms with van der Waals surface area (Å²) in [6.45, 7) is 1.85. The Morgan fingerprint density at radius 2 is 1.93 bits per heavy atom. The van der Waals surface area contributed by atoms with Gasteiger partial charge >= 0.3 is 5.97 Å². The number of hydrogen-bond acceptors (Lipinski definition) is 5. The van der Waals surface area contributed by atoms with Crippen molar-refractivity contribution in [2.75, 3.05) is 18.0 Å². The fourth-order valence-corrected chi connectivity index (χ4v) is 2.81. The summed E-state index contributed by atoms with van der Waals surface area (Å²) < 4.78 is 5.02. The van der Waals surface area contributed by atoms with Gasteiger partial charge in [-0.25, -0.2) is 0 Å². The summed E-state index contributed by atoms with van der Waals surface area (Å²) in [6.07, 6.45) is 2.38. The molecule has 0 bridgehead atoms. The van der Waals surface area contributed by atoms with Crippen LogP contribution < -0.4 is 15.5 Å². The summed E-state index contributed by atoms with van der Waals surface area (Å²) in [6, 6.07) is 6.82. The molecule has 1 atom stereocenters. The van der Waals surface area contributed by atoms with E-state index in [1.807, 2.05) is 0 Å². The molecule has 0 unspecified atom stereocenters. The zero-order valence-corrected chi connectivity index (χ0v) is 15.2. The maximum absolute atomic E-state index is 12.1. The molecule has 0 radical (unpaired) electrons. The summed E-state index contributed by atoms with van der Waals surface area (Å²) in [5.41, 5.74) is 1.13. The fourth-order valence-electron chi connectivity index (χ4n) is 2.81. The molecule has 1 saturated carbocycles. The van der Waals surface area contributed by atoms with Crippen molar-refractivity contribution in [1.82, 2.24) is 10.6 Å². The van der Waals surface area contributed by atoms with Gasteiger partial charge in [0, 0.05) is 30.3 Å². The normalized spacial score (nSPS) is 17.4. The Hall–Kier alpha value is -2.90. The summed E-state index contributed by atoms with van der Waals surface area (Å²) in [7, 11) is 0. The van der Waals surface area contributed by atoms with E-state index in [1.54, 1.807) is 29.2 Å². The number of rotatable bonds is 7. The van der Waals surface area contributed by atoms with Gasteiger partial charge in [-0.1, -0.05) is 0 Å². The number of amides is 3. The molecule has 3 amide bonds. The average Bonchev–Trinajstić information content (AvgIpc) is 3.37. The summed E-state index contributed by atoms with van der Waals surface area (Å²) >= 11 is 0. The van der Waals surface area contributed by atoms with Crippen molar-refractivity contribution in [1.29, 1.82) is 0 Å². The number of esters is 1. The van der Waals surface area contributed by atoms with Crippen LogP contribution in [0.25, 0.3) is 0 Å². The van der Waals surface area contributed by atoms with Crippen LogP contribution in [-0.2, 0) is 19.1 Å². The molecular weight excluding hydrogens is 350 g/mol. The first-order valence-electron chi connectivity index (χ1n) is 9.12. The molecule has 27 heavy (non-hydrogen) atoms. The van der Waals surface area contributed by atoms with Gasteiger partial charge in [0.15, 0.2) is 6.10 Å². The molecule has 8 nitrogen and oxygen atoms in total. The summed E-state index contributed by atoms with van der Waals surface area (Å²) in [5.74, 6) is -1.36. The summed E-state index contributed by atoms with van der Waals surface area (Å²) in [5, 5.41) is 5.22. The Balaban J connectivity index is 1.44. The second kappa shape index (κ2) is 8.20. The SMILES string of the molecule is C[C@H](OC(=O)CNC(=O)c1ccc(N2CCCC2=O)cc1)C(=O)NC1CC1. The van der Waals surface area contributed by atoms with E-state index >= 15 is 0 Å². The van der Waals surface area contributed by atoms with E-state index in [-0.39, 0.29) is 24.4 Å². The van der Waals surface area contributed by atoms with Crippen LogP contribution in [0.1, 0.15) is 43.0 Å². The van der Waals surface area contributed by atoms with Crippen LogP contribution in [0.15, 0.2) is 24.3 Å². The van der Waals surface area contributed by atoms with Gasteiger partial charge in [-0.05, 0) is 50.5 Å². The van der Waals surface area contributed by atoms with Crippen molar-refractivity contribution in [2.24, 2.45) is 0 Å². The third-order valence-corrected chi connectivity index (χ3v) is 4.51. The number of carbonyl (C=O) groups is 4. The molecular formula is C19H23N3O5. The average molecular weight is 373 g/mol. The number of anilines is 1. The smallest absolute Gasteiger partial charge is 0.326 e. The molecule has 1 aromatic rings. The molecule has 2 aliphatic rings. The number of nitrogens with zero attached hydrogens (tertiary/aromatic N) is 1. The van der Waals surface area contributed by atoms with E-state index in [4.69, 9.17) is 4.74 Å². The monoisotopic (exact) mass is 373 g/mol. The van der Waals surface area contributed by atoms with Crippen molar-refractivity contribution in [2.45, 2.75) is 44.8 Å². The van der Waals surface area contributed by atoms with Crippen molar-refractivity contribution in [3.63, 3.8) is 0 Å². The Morgan fingerprint density at radius 3 is 2.52 bits per heavy atom. The zero-order chi connectivity index (χ0) is 19.4. The van der Waals surface area contributed by atoms with E-state index in [0.29, 0.717) is 18.5 Å². The highest BCUT2D eigenvalue weighted by atomic mass is 16.5. The molecule has 1 saturated heterocycles. The van der Waals surface area contributed by atoms with Gasteiger partial charge in [-0.15, -0.1) is 0 Å². The van der Waals surface area contributed by atoms with Gasteiger partial charge in [-0.3, -0.25) is 19.2 Å². The Kier molecular flexibility index (Phi) is 5.73. The Morgan fingerprint density at radius 1 is 1.22 bits per heavy atom. The van der Waals surface area contributed by atoms with Crippen molar-refractivity contribution in [3.05, 3.63) is 29.8 Å². The highest BCUT2D eigenvalue weighted by Crippen LogP contribution is 2.21. The largest absolute Gasteiger partial charge is 0.451 e. The highest BCUT2D eigenvalue weighted by molar-refractivity contribution is 5.98. The molecule has 2 N–H and O–H groups in total. The number of benzene rings is 1. The highest BCUT2D eigenvalue weighted by Gasteiger charge is 2.27. The lowest BCUT2D eigenvalue weighted by atomic mass is 10.2. The first kappa shape index (κ1) is 18.9. The zero-order valence-electron chi connectivity index (χ0n) is 15.2. The standard InChI is InChI=1S/C19H23N3O5/c1-12(18(25)21-14-6-7-14)27-17(24)11-20-19(26)13-4-8-15(9-5-13)22-10-2-3-16(22)23/h4-5,8-9,12,14H,2-3,6-7,10-11H2,1H3,(H,20,26)(H,21,25)/t12-/m0/s1. The number of ether oxygens (including phenoxy) is 1. The van der Waals surface area contributed by atoms with Crippen LogP contribution >= 0.6 is 0 Å². The predicted octanol–water partition coefficient (Wildman–Crippen LogP) is 0.753. The maximum atomic E-state index is 12.1. The van der Waals surface area contributed by atoms with E-state index in [1.165, 1.54) is 6.92 Å². The van der Waals surface area contributed by atoms with Gasteiger partial charge < -0.3 is 20.3 Å². The van der Waals surface area contributed by atoms with E-state index < -0.39 is 18.0 Å². The van der Waals surface area contributed by atoms with Crippen LogP contribution in [0, 0.1) is 0 Å². The second-order valence-electron chi connectivity index (χ2n) is 6.79. The molecule has 1 aliphatic carbocycles. The topological polar surface area (TPSA) is 105 Å². The third-order valence-electron chi connectivity index (χ3n) is 4.51. The molecule has 8 heteroatoms. The molecule has 1 heterocycles. The molecule has 1 aliphatic heterocycles. The van der Waals surface area contributed by atoms with Crippen molar-refractivity contribution >= 4 is 29.4 Å². The summed E-state index contributed by atoms with van der Waals surface area (Å²) in [4.78, 5) is 49.1. The first-order valence-corrected chi connectivity index (χ1v) is 9.12. The fraction of sp³-hybridized carbons (Fsp3) is 0.474. The van der Waals surface area contributed by atoms with Crippen LogP contribution in [-0.4, -0.2) is 48.9 Å². The molecule has 144 valence electrons. The lowest BCUT2D eigenvalue weighted by molar-refractivity contribution is -0.153. The Bertz CT molecular complexity index is 742. The first-order chi connectivity index (χ1) is 12.9. The lowest BCUT2D eigenvalue weighted by Gasteiger charge is -2.16. The van der Waals surface area contributed by atoms with Crippen LogP contribution in [0.4, 0.5) is 5.69 Å². The van der Waals surface area contributed by atoms with Gasteiger partial charge in [0.25, 0.3) is 11.8 Å². The van der Waals surface area contributed by atoms with Crippen molar-refractivity contribution < 1.29 is 23.9 Å². The lowest BCUT2D eigenvalue weighted by Crippen LogP contribution is -2.39. The minimum atomic E-state index is -0.896. The van der Waals surface area contributed by atoms with Gasteiger partial charge in [-0.2, -0.15) is 0 Å². The van der Waals surface area contributed by atoms with E-state index in [9.17, 15) is 19.2 Å². The van der Waals surface area contributed by atoms with E-state index in [2.05, 4.69) is 10.6 Å². The maximum Gasteiger partial charge on any atom is 0.326 e. The van der Waals surface area contributed by atoms with Gasteiger partial charge in [0.2, 0.25) is 5.91 Å². The van der Waals surface area contributed by atoms with E-state index in [0.717, 1.165) is 24.9 Å². The minimum Gasteiger partial charge on any atom is -0.451 e. The van der Waals surface area contributed by atoms with Gasteiger partial charge in [0.05, 0.1) is 0 Å². The third kappa shape index (κ3) is 5.06. The predicted molar refractivity (Wildman–Crippen MR) is 97.1 cm³/mol. The molecule has 0 spiro atoms.